The van der Waals surface area contributed by atoms with E-state index in [-0.39, 0.29) is 22.3 Å². The number of hydrogen-bond acceptors (Lipinski definition) is 7. The zero-order valence-corrected chi connectivity index (χ0v) is 20.4. The molecule has 1 atom stereocenters. The first-order valence-electron chi connectivity index (χ1n) is 11.2. The summed E-state index contributed by atoms with van der Waals surface area (Å²) in [5.74, 6) is -1.61. The number of benzene rings is 2. The molecule has 2 aliphatic rings. The van der Waals surface area contributed by atoms with Crippen LogP contribution >= 0.6 is 11.3 Å². The highest BCUT2D eigenvalue weighted by Gasteiger charge is 2.38. The van der Waals surface area contributed by atoms with Gasteiger partial charge in [-0.05, 0) is 18.6 Å². The second kappa shape index (κ2) is 9.01. The molecule has 1 aromatic heterocycles. The molecule has 9 heteroatoms. The van der Waals surface area contributed by atoms with Crippen molar-refractivity contribution in [1.29, 1.82) is 0 Å². The average molecular weight is 500 g/mol. The van der Waals surface area contributed by atoms with Crippen LogP contribution in [0.1, 0.15) is 31.0 Å². The van der Waals surface area contributed by atoms with Crippen LogP contribution in [-0.2, 0) is 19.1 Å². The normalized spacial score (nSPS) is 17.9. The Kier molecular flexibility index (Phi) is 5.85. The molecule has 0 aliphatic carbocycles. The van der Waals surface area contributed by atoms with Gasteiger partial charge < -0.3 is 4.74 Å². The van der Waals surface area contributed by atoms with Gasteiger partial charge in [-0.3, -0.25) is 19.0 Å². The van der Waals surface area contributed by atoms with Crippen LogP contribution in [0.4, 0.5) is 5.69 Å². The van der Waals surface area contributed by atoms with Crippen molar-refractivity contribution in [3.05, 3.63) is 109 Å². The predicted molar refractivity (Wildman–Crippen MR) is 135 cm³/mol. The minimum atomic E-state index is -0.801. The molecular weight excluding hydrogens is 478 g/mol. The Morgan fingerprint density at radius 1 is 1.11 bits per heavy atom. The SMILES string of the molecule is C=CCOC(=O)C1=C(C)N=c2s/c(=C3\C(=O)N(C(C)=O)c4ccccc43)c(=O)n2C1c1ccccc1. The van der Waals surface area contributed by atoms with Crippen molar-refractivity contribution in [2.75, 3.05) is 11.5 Å². The molecule has 2 aromatic carbocycles. The topological polar surface area (TPSA) is 98.0 Å². The minimum Gasteiger partial charge on any atom is -0.458 e. The summed E-state index contributed by atoms with van der Waals surface area (Å²) >= 11 is 1.06. The maximum absolute atomic E-state index is 14.0. The smallest absolute Gasteiger partial charge is 0.338 e. The van der Waals surface area contributed by atoms with E-state index < -0.39 is 29.4 Å². The van der Waals surface area contributed by atoms with Crippen LogP contribution < -0.4 is 19.8 Å². The standard InChI is InChI=1S/C27H21N3O5S/c1-4-14-35-26(34)20-15(2)28-27-30(22(20)17-10-6-5-7-11-17)25(33)23(36-27)21-18-12-8-9-13-19(18)29(16(3)31)24(21)32/h4-13,22H,1,14H2,2-3H3/b23-21-. The zero-order valence-electron chi connectivity index (χ0n) is 19.6. The van der Waals surface area contributed by atoms with Crippen molar-refractivity contribution in [3.8, 4) is 0 Å². The van der Waals surface area contributed by atoms with Crippen LogP contribution in [0.2, 0.25) is 0 Å². The van der Waals surface area contributed by atoms with E-state index in [2.05, 4.69) is 11.6 Å². The number of aromatic nitrogens is 1. The number of nitrogens with zero attached hydrogens (tertiary/aromatic N) is 3. The number of hydrogen-bond donors (Lipinski definition) is 0. The van der Waals surface area contributed by atoms with Crippen molar-refractivity contribution in [2.45, 2.75) is 19.9 Å². The Morgan fingerprint density at radius 2 is 1.81 bits per heavy atom. The lowest BCUT2D eigenvalue weighted by Gasteiger charge is -2.24. The highest BCUT2D eigenvalue weighted by Crippen LogP contribution is 2.35. The summed E-state index contributed by atoms with van der Waals surface area (Å²) in [6.07, 6.45) is 1.46. The fourth-order valence-electron chi connectivity index (χ4n) is 4.54. The zero-order chi connectivity index (χ0) is 25.6. The van der Waals surface area contributed by atoms with Gasteiger partial charge in [0.1, 0.15) is 11.1 Å². The van der Waals surface area contributed by atoms with Gasteiger partial charge in [0.2, 0.25) is 5.91 Å². The third-order valence-corrected chi connectivity index (χ3v) is 7.09. The fourth-order valence-corrected chi connectivity index (χ4v) is 5.68. The fraction of sp³-hybridized carbons (Fsp3) is 0.148. The van der Waals surface area contributed by atoms with Crippen molar-refractivity contribution < 1.29 is 19.1 Å². The number of rotatable bonds is 4. The number of allylic oxidation sites excluding steroid dienone is 1. The molecule has 3 heterocycles. The Balaban J connectivity index is 1.81. The molecule has 0 fully saturated rings. The summed E-state index contributed by atoms with van der Waals surface area (Å²) in [5, 5.41) is 0. The Hall–Kier alpha value is -4.37. The van der Waals surface area contributed by atoms with Gasteiger partial charge in [-0.25, -0.2) is 14.7 Å². The van der Waals surface area contributed by atoms with E-state index in [9.17, 15) is 19.2 Å². The van der Waals surface area contributed by atoms with Gasteiger partial charge >= 0.3 is 5.97 Å². The second-order valence-electron chi connectivity index (χ2n) is 8.25. The highest BCUT2D eigenvalue weighted by molar-refractivity contribution is 7.07. The molecule has 0 saturated carbocycles. The molecule has 8 nitrogen and oxygen atoms in total. The number of carbonyl (C=O) groups excluding carboxylic acids is 3. The van der Waals surface area contributed by atoms with Crippen molar-refractivity contribution >= 4 is 40.4 Å². The second-order valence-corrected chi connectivity index (χ2v) is 9.23. The number of anilines is 1. The summed E-state index contributed by atoms with van der Waals surface area (Å²) in [7, 11) is 0. The maximum Gasteiger partial charge on any atom is 0.338 e. The Bertz CT molecular complexity index is 1660. The molecule has 180 valence electrons. The van der Waals surface area contributed by atoms with E-state index in [1.54, 1.807) is 31.2 Å². The van der Waals surface area contributed by atoms with Gasteiger partial charge in [0, 0.05) is 12.5 Å². The summed E-state index contributed by atoms with van der Waals surface area (Å²) in [5.41, 5.74) is 1.94. The molecule has 0 radical (unpaired) electrons. The minimum absolute atomic E-state index is 0.0118. The van der Waals surface area contributed by atoms with Crippen LogP contribution in [0.15, 0.2) is 88.3 Å². The summed E-state index contributed by atoms with van der Waals surface area (Å²) in [6, 6.07) is 15.2. The van der Waals surface area contributed by atoms with E-state index in [0.717, 1.165) is 16.2 Å². The Labute approximate surface area is 209 Å². The molecule has 0 bridgehead atoms. The van der Waals surface area contributed by atoms with Gasteiger partial charge in [-0.15, -0.1) is 0 Å². The lowest BCUT2D eigenvalue weighted by atomic mass is 9.96. The van der Waals surface area contributed by atoms with Crippen LogP contribution in [0.3, 0.4) is 0 Å². The third-order valence-electron chi connectivity index (χ3n) is 6.04. The summed E-state index contributed by atoms with van der Waals surface area (Å²) < 4.78 is 6.91. The average Bonchev–Trinajstić information content (AvgIpc) is 3.34. The van der Waals surface area contributed by atoms with E-state index in [1.165, 1.54) is 17.6 Å². The van der Waals surface area contributed by atoms with E-state index in [1.807, 2.05) is 30.3 Å². The highest BCUT2D eigenvalue weighted by atomic mass is 32.1. The molecule has 0 N–H and O–H groups in total. The summed E-state index contributed by atoms with van der Waals surface area (Å²) in [4.78, 5) is 58.7. The first-order chi connectivity index (χ1) is 17.3. The first kappa shape index (κ1) is 23.4. The lowest BCUT2D eigenvalue weighted by molar-refractivity contribution is -0.138. The third kappa shape index (κ3) is 3.56. The van der Waals surface area contributed by atoms with Crippen molar-refractivity contribution in [1.82, 2.24) is 4.57 Å². The van der Waals surface area contributed by atoms with Crippen molar-refractivity contribution in [3.63, 3.8) is 0 Å². The molecule has 2 aliphatic heterocycles. The number of ether oxygens (including phenoxy) is 1. The molecule has 2 amide bonds. The number of esters is 1. The molecular formula is C27H21N3O5S. The van der Waals surface area contributed by atoms with Crippen LogP contribution in [-0.4, -0.2) is 29.0 Å². The predicted octanol–water partition coefficient (Wildman–Crippen LogP) is 2.23. The molecule has 5 rings (SSSR count). The van der Waals surface area contributed by atoms with E-state index in [4.69, 9.17) is 4.74 Å². The first-order valence-corrected chi connectivity index (χ1v) is 12.0. The molecule has 36 heavy (non-hydrogen) atoms. The summed E-state index contributed by atoms with van der Waals surface area (Å²) in [6.45, 7) is 6.59. The molecule has 0 spiro atoms. The number of carbonyl (C=O) groups is 3. The van der Waals surface area contributed by atoms with Crippen LogP contribution in [0.25, 0.3) is 5.57 Å². The molecule has 0 saturated heterocycles. The number of para-hydroxylation sites is 1. The van der Waals surface area contributed by atoms with E-state index in [0.29, 0.717) is 27.3 Å². The van der Waals surface area contributed by atoms with Crippen LogP contribution in [0, 0.1) is 0 Å². The van der Waals surface area contributed by atoms with Gasteiger partial charge in [0.25, 0.3) is 11.5 Å². The monoisotopic (exact) mass is 499 g/mol. The van der Waals surface area contributed by atoms with Gasteiger partial charge in [0.05, 0.1) is 28.6 Å². The maximum atomic E-state index is 14.0. The quantitative estimate of drug-likeness (QED) is 0.405. The van der Waals surface area contributed by atoms with E-state index >= 15 is 0 Å². The largest absolute Gasteiger partial charge is 0.458 e. The lowest BCUT2D eigenvalue weighted by Crippen LogP contribution is -2.41. The Morgan fingerprint density at radius 3 is 2.50 bits per heavy atom. The van der Waals surface area contributed by atoms with Gasteiger partial charge in [-0.1, -0.05) is 72.5 Å². The number of thiazole rings is 1. The van der Waals surface area contributed by atoms with Crippen LogP contribution in [0.5, 0.6) is 0 Å². The number of amides is 2. The van der Waals surface area contributed by atoms with Gasteiger partial charge in [-0.2, -0.15) is 0 Å². The van der Waals surface area contributed by atoms with Gasteiger partial charge in [0.15, 0.2) is 4.80 Å². The number of imide groups is 1. The van der Waals surface area contributed by atoms with Crippen molar-refractivity contribution in [2.24, 2.45) is 4.99 Å². The molecule has 3 aromatic rings. The molecule has 1 unspecified atom stereocenters. The number of fused-ring (bicyclic) bond motifs is 2.